The van der Waals surface area contributed by atoms with Crippen molar-refractivity contribution in [2.45, 2.75) is 64.6 Å². The first-order valence-electron chi connectivity index (χ1n) is 9.68. The molecule has 1 spiro atoms. The molecule has 0 aromatic heterocycles. The molecule has 3 nitrogen and oxygen atoms in total. The number of Topliss-reactive ketones (excluding diaryl/α,β-unsaturated/α-hetero) is 1. The summed E-state index contributed by atoms with van der Waals surface area (Å²) in [6.07, 6.45) is 11.8. The Balaban J connectivity index is 1.49. The van der Waals surface area contributed by atoms with Crippen molar-refractivity contribution >= 4 is 5.78 Å². The van der Waals surface area contributed by atoms with Gasteiger partial charge in [0.1, 0.15) is 5.78 Å². The van der Waals surface area contributed by atoms with Gasteiger partial charge in [0.05, 0.1) is 13.2 Å². The third-order valence-electron chi connectivity index (χ3n) is 8.07. The lowest BCUT2D eigenvalue weighted by atomic mass is 9.49. The van der Waals surface area contributed by atoms with Crippen LogP contribution in [0, 0.1) is 22.7 Å². The Morgan fingerprint density at radius 1 is 1.08 bits per heavy atom. The van der Waals surface area contributed by atoms with Crippen molar-refractivity contribution in [3.05, 3.63) is 23.3 Å². The van der Waals surface area contributed by atoms with Crippen LogP contribution in [0.3, 0.4) is 0 Å². The predicted molar refractivity (Wildman–Crippen MR) is 91.3 cm³/mol. The van der Waals surface area contributed by atoms with Crippen LogP contribution in [0.1, 0.15) is 58.8 Å². The van der Waals surface area contributed by atoms with Gasteiger partial charge in [-0.3, -0.25) is 4.79 Å². The standard InChI is InChI=1S/C21H28O3/c1-19-9-10-21(23-11-12-24-21)13-14(19)3-4-15-16-5-6-18(22)20(16,2)8-7-17(15)19/h3,5,15,17H,4,6-13H2,1-2H3/t15?,17?,19-,20-/m0/s1. The van der Waals surface area contributed by atoms with E-state index in [1.165, 1.54) is 12.0 Å². The summed E-state index contributed by atoms with van der Waals surface area (Å²) in [4.78, 5) is 12.4. The number of hydrogen-bond donors (Lipinski definition) is 0. The van der Waals surface area contributed by atoms with Crippen molar-refractivity contribution in [1.29, 1.82) is 0 Å². The summed E-state index contributed by atoms with van der Waals surface area (Å²) in [5.74, 6) is 1.38. The number of ketones is 1. The third kappa shape index (κ3) is 1.83. The van der Waals surface area contributed by atoms with Crippen LogP contribution in [0.4, 0.5) is 0 Å². The molecule has 0 amide bonds. The third-order valence-corrected chi connectivity index (χ3v) is 8.07. The first kappa shape index (κ1) is 15.3. The zero-order valence-corrected chi connectivity index (χ0v) is 14.9. The van der Waals surface area contributed by atoms with Gasteiger partial charge in [-0.2, -0.15) is 0 Å². The van der Waals surface area contributed by atoms with E-state index in [9.17, 15) is 4.79 Å². The molecule has 0 aromatic rings. The molecule has 3 heteroatoms. The van der Waals surface area contributed by atoms with Gasteiger partial charge in [-0.1, -0.05) is 30.2 Å². The minimum absolute atomic E-state index is 0.156. The normalized spacial score (nSPS) is 46.2. The van der Waals surface area contributed by atoms with E-state index in [0.29, 0.717) is 24.0 Å². The van der Waals surface area contributed by atoms with Gasteiger partial charge in [0.25, 0.3) is 0 Å². The van der Waals surface area contributed by atoms with Gasteiger partial charge >= 0.3 is 0 Å². The summed E-state index contributed by atoms with van der Waals surface area (Å²) < 4.78 is 12.0. The van der Waals surface area contributed by atoms with Gasteiger partial charge in [-0.05, 0) is 49.9 Å². The molecule has 1 heterocycles. The van der Waals surface area contributed by atoms with Crippen LogP contribution in [-0.4, -0.2) is 24.8 Å². The molecule has 3 fully saturated rings. The Bertz CT molecular complexity index is 654. The summed E-state index contributed by atoms with van der Waals surface area (Å²) in [6, 6.07) is 0. The van der Waals surface area contributed by atoms with E-state index in [4.69, 9.17) is 9.47 Å². The Morgan fingerprint density at radius 3 is 2.67 bits per heavy atom. The molecule has 0 N–H and O–H groups in total. The average Bonchev–Trinajstić information content (AvgIpc) is 3.14. The highest BCUT2D eigenvalue weighted by Gasteiger charge is 2.57. The topological polar surface area (TPSA) is 35.5 Å². The molecule has 0 radical (unpaired) electrons. The fourth-order valence-corrected chi connectivity index (χ4v) is 6.51. The summed E-state index contributed by atoms with van der Waals surface area (Å²) in [5.41, 5.74) is 3.13. The zero-order chi connectivity index (χ0) is 16.6. The minimum atomic E-state index is -0.329. The van der Waals surface area contributed by atoms with Gasteiger partial charge in [-0.25, -0.2) is 0 Å². The second-order valence-corrected chi connectivity index (χ2v) is 9.04. The summed E-state index contributed by atoms with van der Waals surface area (Å²) in [5, 5.41) is 0. The second kappa shape index (κ2) is 4.82. The molecule has 5 rings (SSSR count). The first-order valence-corrected chi connectivity index (χ1v) is 9.68. The van der Waals surface area contributed by atoms with Crippen molar-refractivity contribution in [3.63, 3.8) is 0 Å². The number of carbonyl (C=O) groups is 1. The maximum absolute atomic E-state index is 12.4. The zero-order valence-electron chi connectivity index (χ0n) is 14.9. The number of carbonyl (C=O) groups excluding carboxylic acids is 1. The largest absolute Gasteiger partial charge is 0.347 e. The van der Waals surface area contributed by atoms with E-state index >= 15 is 0 Å². The Labute approximate surface area is 144 Å². The van der Waals surface area contributed by atoms with Crippen LogP contribution in [-0.2, 0) is 14.3 Å². The van der Waals surface area contributed by atoms with E-state index in [1.54, 1.807) is 5.57 Å². The highest BCUT2D eigenvalue weighted by atomic mass is 16.7. The molecule has 1 aliphatic heterocycles. The second-order valence-electron chi connectivity index (χ2n) is 9.04. The maximum Gasteiger partial charge on any atom is 0.172 e. The minimum Gasteiger partial charge on any atom is -0.347 e. The number of allylic oxidation sites excluding steroid dienone is 3. The van der Waals surface area contributed by atoms with E-state index in [0.717, 1.165) is 45.3 Å². The molecular formula is C21H28O3. The van der Waals surface area contributed by atoms with Crippen LogP contribution >= 0.6 is 0 Å². The molecule has 5 aliphatic rings. The van der Waals surface area contributed by atoms with Crippen molar-refractivity contribution in [1.82, 2.24) is 0 Å². The van der Waals surface area contributed by atoms with Gasteiger partial charge in [0, 0.05) is 24.7 Å². The Hall–Kier alpha value is -0.930. The number of ether oxygens (including phenoxy) is 2. The molecule has 24 heavy (non-hydrogen) atoms. The van der Waals surface area contributed by atoms with Gasteiger partial charge in [0.15, 0.2) is 5.79 Å². The van der Waals surface area contributed by atoms with Crippen LogP contribution in [0.15, 0.2) is 23.3 Å². The Morgan fingerprint density at radius 2 is 1.88 bits per heavy atom. The van der Waals surface area contributed by atoms with E-state index < -0.39 is 0 Å². The van der Waals surface area contributed by atoms with Crippen molar-refractivity contribution in [2.75, 3.05) is 13.2 Å². The van der Waals surface area contributed by atoms with Gasteiger partial charge in [0.2, 0.25) is 0 Å². The van der Waals surface area contributed by atoms with Crippen molar-refractivity contribution in [2.24, 2.45) is 22.7 Å². The molecule has 0 bridgehead atoms. The SMILES string of the molecule is C[C@]12CCC3C(CC=C4CC5(CC[C@@]43C)OCCO5)C1=CCC2=O. The molecule has 2 saturated carbocycles. The molecule has 1 saturated heterocycles. The predicted octanol–water partition coefficient (Wildman–Crippen LogP) is 4.18. The molecular weight excluding hydrogens is 300 g/mol. The summed E-state index contributed by atoms with van der Waals surface area (Å²) >= 11 is 0. The maximum atomic E-state index is 12.4. The molecule has 4 atom stereocenters. The first-order chi connectivity index (χ1) is 11.5. The van der Waals surface area contributed by atoms with Gasteiger partial charge in [-0.15, -0.1) is 0 Å². The quantitative estimate of drug-likeness (QED) is 0.626. The molecule has 4 aliphatic carbocycles. The van der Waals surface area contributed by atoms with E-state index in [1.807, 2.05) is 0 Å². The smallest absolute Gasteiger partial charge is 0.172 e. The lowest BCUT2D eigenvalue weighted by molar-refractivity contribution is -0.182. The Kier molecular flexibility index (Phi) is 3.08. The van der Waals surface area contributed by atoms with Crippen LogP contribution < -0.4 is 0 Å². The van der Waals surface area contributed by atoms with Crippen LogP contribution in [0.2, 0.25) is 0 Å². The lowest BCUT2D eigenvalue weighted by Crippen LogP contribution is -2.50. The molecule has 2 unspecified atom stereocenters. The fourth-order valence-electron chi connectivity index (χ4n) is 6.51. The monoisotopic (exact) mass is 328 g/mol. The number of rotatable bonds is 0. The van der Waals surface area contributed by atoms with Crippen LogP contribution in [0.5, 0.6) is 0 Å². The number of hydrogen-bond acceptors (Lipinski definition) is 3. The summed E-state index contributed by atoms with van der Waals surface area (Å²) in [7, 11) is 0. The summed E-state index contributed by atoms with van der Waals surface area (Å²) in [6.45, 7) is 6.15. The fraction of sp³-hybridized carbons (Fsp3) is 0.762. The van der Waals surface area contributed by atoms with E-state index in [2.05, 4.69) is 26.0 Å². The highest BCUT2D eigenvalue weighted by Crippen LogP contribution is 2.63. The van der Waals surface area contributed by atoms with Crippen molar-refractivity contribution in [3.8, 4) is 0 Å². The van der Waals surface area contributed by atoms with Crippen LogP contribution in [0.25, 0.3) is 0 Å². The van der Waals surface area contributed by atoms with Gasteiger partial charge < -0.3 is 9.47 Å². The molecule has 130 valence electrons. The average molecular weight is 328 g/mol. The highest BCUT2D eigenvalue weighted by molar-refractivity contribution is 5.92. The van der Waals surface area contributed by atoms with E-state index in [-0.39, 0.29) is 16.6 Å². The van der Waals surface area contributed by atoms with Crippen molar-refractivity contribution < 1.29 is 14.3 Å². The molecule has 0 aromatic carbocycles. The lowest BCUT2D eigenvalue weighted by Gasteiger charge is -2.56. The number of fused-ring (bicyclic) bond motifs is 5.